The number of carbonyl (C=O) groups excluding carboxylic acids is 1. The lowest BCUT2D eigenvalue weighted by Crippen LogP contribution is -2.42. The van der Waals surface area contributed by atoms with Crippen LogP contribution in [-0.2, 0) is 16.0 Å². The van der Waals surface area contributed by atoms with Gasteiger partial charge in [0.2, 0.25) is 5.91 Å². The molecular weight excluding hydrogens is 256 g/mol. The molecule has 0 spiro atoms. The lowest BCUT2D eigenvalue weighted by molar-refractivity contribution is -0.122. The summed E-state index contributed by atoms with van der Waals surface area (Å²) in [6.45, 7) is 1.44. The van der Waals surface area contributed by atoms with Crippen LogP contribution in [0.3, 0.4) is 0 Å². The number of phenols is 1. The second-order valence-electron chi connectivity index (χ2n) is 5.19. The van der Waals surface area contributed by atoms with Gasteiger partial charge in [0.05, 0.1) is 12.1 Å². The molecule has 20 heavy (non-hydrogen) atoms. The maximum atomic E-state index is 11.9. The zero-order chi connectivity index (χ0) is 14.4. The second kappa shape index (κ2) is 7.26. The van der Waals surface area contributed by atoms with Gasteiger partial charge in [0.1, 0.15) is 5.75 Å². The van der Waals surface area contributed by atoms with E-state index in [1.165, 1.54) is 0 Å². The molecule has 1 fully saturated rings. The van der Waals surface area contributed by atoms with E-state index in [1.807, 2.05) is 0 Å². The van der Waals surface area contributed by atoms with Gasteiger partial charge in [-0.25, -0.2) is 0 Å². The summed E-state index contributed by atoms with van der Waals surface area (Å²) in [5, 5.41) is 12.0. The van der Waals surface area contributed by atoms with E-state index in [0.717, 1.165) is 31.4 Å². The molecule has 0 saturated carbocycles. The summed E-state index contributed by atoms with van der Waals surface area (Å²) < 4.78 is 5.50. The molecule has 2 unspecified atom stereocenters. The van der Waals surface area contributed by atoms with Crippen LogP contribution >= 0.6 is 0 Å². The third-order valence-electron chi connectivity index (χ3n) is 3.52. The molecule has 0 bridgehead atoms. The van der Waals surface area contributed by atoms with Gasteiger partial charge in [0, 0.05) is 13.2 Å². The van der Waals surface area contributed by atoms with Crippen LogP contribution in [0.25, 0.3) is 0 Å². The van der Waals surface area contributed by atoms with Gasteiger partial charge in [-0.1, -0.05) is 12.1 Å². The summed E-state index contributed by atoms with van der Waals surface area (Å²) in [6, 6.07) is 6.17. The lowest BCUT2D eigenvalue weighted by Gasteiger charge is -2.14. The normalized spacial score (nSPS) is 19.8. The smallest absolute Gasteiger partial charge is 0.237 e. The van der Waals surface area contributed by atoms with Crippen molar-refractivity contribution in [2.75, 3.05) is 13.2 Å². The highest BCUT2D eigenvalue weighted by Gasteiger charge is 2.17. The van der Waals surface area contributed by atoms with Crippen LogP contribution in [0.2, 0.25) is 0 Å². The summed E-state index contributed by atoms with van der Waals surface area (Å²) in [6.07, 6.45) is 3.78. The van der Waals surface area contributed by atoms with Crippen LogP contribution < -0.4 is 11.1 Å². The molecule has 5 heteroatoms. The van der Waals surface area contributed by atoms with Crippen LogP contribution in [-0.4, -0.2) is 36.3 Å². The van der Waals surface area contributed by atoms with Gasteiger partial charge in [-0.15, -0.1) is 0 Å². The number of hydrogen-bond acceptors (Lipinski definition) is 4. The minimum absolute atomic E-state index is 0.143. The fraction of sp³-hybridized carbons (Fsp3) is 0.533. The third kappa shape index (κ3) is 4.51. The highest BCUT2D eigenvalue weighted by molar-refractivity contribution is 5.81. The summed E-state index contributed by atoms with van der Waals surface area (Å²) in [5.41, 5.74) is 6.81. The quantitative estimate of drug-likeness (QED) is 0.723. The molecule has 1 saturated heterocycles. The number of nitrogens with one attached hydrogen (secondary N) is 1. The Kier molecular flexibility index (Phi) is 5.38. The van der Waals surface area contributed by atoms with Crippen molar-refractivity contribution >= 4 is 5.91 Å². The Morgan fingerprint density at radius 3 is 2.85 bits per heavy atom. The Hall–Kier alpha value is -1.59. The molecule has 110 valence electrons. The third-order valence-corrected chi connectivity index (χ3v) is 3.52. The van der Waals surface area contributed by atoms with Crippen LogP contribution in [0.15, 0.2) is 24.3 Å². The van der Waals surface area contributed by atoms with E-state index in [2.05, 4.69) is 5.32 Å². The highest BCUT2D eigenvalue weighted by atomic mass is 16.5. The zero-order valence-corrected chi connectivity index (χ0v) is 11.5. The van der Waals surface area contributed by atoms with Crippen LogP contribution in [0.1, 0.15) is 24.8 Å². The van der Waals surface area contributed by atoms with Crippen molar-refractivity contribution < 1.29 is 14.6 Å². The van der Waals surface area contributed by atoms with Crippen molar-refractivity contribution in [2.45, 2.75) is 37.8 Å². The standard InChI is InChI=1S/C15H22N2O3/c16-14(10-11-3-5-12(18)6-4-11)15(19)17-8-7-13-2-1-9-20-13/h3-6,13-14,18H,1-2,7-10,16H2,(H,17,19). The Morgan fingerprint density at radius 2 is 2.20 bits per heavy atom. The van der Waals surface area contributed by atoms with Crippen LogP contribution in [0.5, 0.6) is 5.75 Å². The lowest BCUT2D eigenvalue weighted by atomic mass is 10.1. The molecule has 2 atom stereocenters. The molecule has 5 nitrogen and oxygen atoms in total. The van der Waals surface area contributed by atoms with E-state index < -0.39 is 6.04 Å². The van der Waals surface area contributed by atoms with Gasteiger partial charge in [-0.3, -0.25) is 4.79 Å². The van der Waals surface area contributed by atoms with Crippen molar-refractivity contribution in [2.24, 2.45) is 5.73 Å². The minimum atomic E-state index is -0.566. The first-order valence-electron chi connectivity index (χ1n) is 7.08. The first kappa shape index (κ1) is 14.8. The molecule has 1 aliphatic heterocycles. The molecule has 2 rings (SSSR count). The fourth-order valence-corrected chi connectivity index (χ4v) is 2.34. The number of phenolic OH excluding ortho intramolecular Hbond substituents is 1. The predicted octanol–water partition coefficient (Wildman–Crippen LogP) is 0.947. The van der Waals surface area contributed by atoms with Crippen LogP contribution in [0, 0.1) is 0 Å². The number of aromatic hydroxyl groups is 1. The number of ether oxygens (including phenoxy) is 1. The van der Waals surface area contributed by atoms with E-state index in [-0.39, 0.29) is 17.8 Å². The first-order chi connectivity index (χ1) is 9.65. The molecule has 1 heterocycles. The van der Waals surface area contributed by atoms with Crippen molar-refractivity contribution in [3.8, 4) is 5.75 Å². The van der Waals surface area contributed by atoms with E-state index in [1.54, 1.807) is 24.3 Å². The summed E-state index contributed by atoms with van der Waals surface area (Å²) in [4.78, 5) is 11.9. The van der Waals surface area contributed by atoms with Crippen molar-refractivity contribution in [3.05, 3.63) is 29.8 Å². The maximum Gasteiger partial charge on any atom is 0.237 e. The van der Waals surface area contributed by atoms with Gasteiger partial charge < -0.3 is 20.9 Å². The Balaban J connectivity index is 1.69. The maximum absolute atomic E-state index is 11.9. The number of nitrogens with two attached hydrogens (primary N) is 1. The molecule has 1 aliphatic rings. The minimum Gasteiger partial charge on any atom is -0.508 e. The number of benzene rings is 1. The summed E-state index contributed by atoms with van der Waals surface area (Å²) in [5.74, 6) is 0.0689. The molecular formula is C15H22N2O3. The molecule has 4 N–H and O–H groups in total. The van der Waals surface area contributed by atoms with Crippen molar-refractivity contribution in [3.63, 3.8) is 0 Å². The summed E-state index contributed by atoms with van der Waals surface area (Å²) >= 11 is 0. The number of hydrogen-bond donors (Lipinski definition) is 3. The SMILES string of the molecule is NC(Cc1ccc(O)cc1)C(=O)NCCC1CCCO1. The van der Waals surface area contributed by atoms with E-state index >= 15 is 0 Å². The van der Waals surface area contributed by atoms with Crippen LogP contribution in [0.4, 0.5) is 0 Å². The molecule has 0 aliphatic carbocycles. The van der Waals surface area contributed by atoms with Crippen molar-refractivity contribution in [1.29, 1.82) is 0 Å². The molecule has 1 aromatic carbocycles. The first-order valence-corrected chi connectivity index (χ1v) is 7.08. The largest absolute Gasteiger partial charge is 0.508 e. The highest BCUT2D eigenvalue weighted by Crippen LogP contribution is 2.14. The van der Waals surface area contributed by atoms with E-state index in [4.69, 9.17) is 10.5 Å². The molecule has 0 radical (unpaired) electrons. The molecule has 1 amide bonds. The van der Waals surface area contributed by atoms with Gasteiger partial charge in [0.25, 0.3) is 0 Å². The van der Waals surface area contributed by atoms with Gasteiger partial charge in [-0.2, -0.15) is 0 Å². The Morgan fingerprint density at radius 1 is 1.45 bits per heavy atom. The fourth-order valence-electron chi connectivity index (χ4n) is 2.34. The second-order valence-corrected chi connectivity index (χ2v) is 5.19. The van der Waals surface area contributed by atoms with Gasteiger partial charge >= 0.3 is 0 Å². The number of rotatable bonds is 6. The van der Waals surface area contributed by atoms with E-state index in [0.29, 0.717) is 13.0 Å². The Bertz CT molecular complexity index is 427. The zero-order valence-electron chi connectivity index (χ0n) is 11.5. The number of carbonyl (C=O) groups is 1. The van der Waals surface area contributed by atoms with E-state index in [9.17, 15) is 9.90 Å². The summed E-state index contributed by atoms with van der Waals surface area (Å²) in [7, 11) is 0. The number of amides is 1. The molecule has 1 aromatic rings. The van der Waals surface area contributed by atoms with Gasteiger partial charge in [-0.05, 0) is 43.4 Å². The van der Waals surface area contributed by atoms with Gasteiger partial charge in [0.15, 0.2) is 0 Å². The van der Waals surface area contributed by atoms with Crippen molar-refractivity contribution in [1.82, 2.24) is 5.32 Å². The Labute approximate surface area is 119 Å². The average molecular weight is 278 g/mol. The molecule has 0 aromatic heterocycles. The predicted molar refractivity (Wildman–Crippen MR) is 76.4 cm³/mol. The average Bonchev–Trinajstić information content (AvgIpc) is 2.94. The monoisotopic (exact) mass is 278 g/mol. The topological polar surface area (TPSA) is 84.6 Å².